The van der Waals surface area contributed by atoms with Crippen molar-refractivity contribution in [3.8, 4) is 0 Å². The average Bonchev–Trinajstić information content (AvgIpc) is 2.47. The molecule has 0 saturated heterocycles. The van der Waals surface area contributed by atoms with Gasteiger partial charge in [0.25, 0.3) is 0 Å². The molecule has 1 heterocycles. The van der Waals surface area contributed by atoms with Gasteiger partial charge in [0, 0.05) is 11.7 Å². The molecule has 7 heteroatoms. The summed E-state index contributed by atoms with van der Waals surface area (Å²) in [4.78, 5) is 10.8. The van der Waals surface area contributed by atoms with Gasteiger partial charge in [0.05, 0.1) is 0 Å². The fraction of sp³-hybridized carbons (Fsp3) is 0.444. The molecule has 0 aromatic carbocycles. The Hall–Kier alpha value is -1.63. The van der Waals surface area contributed by atoms with Crippen LogP contribution in [0.5, 0.6) is 0 Å². The maximum absolute atomic E-state index is 10.8. The number of carbonyl (C=O) groups is 1. The summed E-state index contributed by atoms with van der Waals surface area (Å²) in [5, 5.41) is 21.1. The molecule has 0 bridgehead atoms. The molecule has 1 aromatic heterocycles. The molecule has 0 amide bonds. The van der Waals surface area contributed by atoms with E-state index in [-0.39, 0.29) is 16.9 Å². The smallest absolute Gasteiger partial charge is 0.341 e. The highest BCUT2D eigenvalue weighted by Gasteiger charge is 2.16. The van der Waals surface area contributed by atoms with Crippen LogP contribution in [0, 0.1) is 0 Å². The molecule has 6 nitrogen and oxygen atoms in total. The molecule has 0 saturated carbocycles. The van der Waals surface area contributed by atoms with E-state index in [1.165, 1.54) is 6.20 Å². The van der Waals surface area contributed by atoms with Crippen LogP contribution in [0.4, 0.5) is 5.82 Å². The molecule has 1 aromatic rings. The number of thiocarbonyl (C=S) groups is 1. The zero-order valence-electron chi connectivity index (χ0n) is 9.29. The SMILES string of the molecule is CC(C)(C)NC(=S)Nc1n[nH]cc1C(=O)O. The largest absolute Gasteiger partial charge is 0.477 e. The molecule has 4 N–H and O–H groups in total. The summed E-state index contributed by atoms with van der Waals surface area (Å²) in [6, 6.07) is 0. The number of H-pyrrole nitrogens is 1. The summed E-state index contributed by atoms with van der Waals surface area (Å²) in [7, 11) is 0. The second-order valence-electron chi connectivity index (χ2n) is 4.28. The first kappa shape index (κ1) is 12.4. The highest BCUT2D eigenvalue weighted by atomic mass is 32.1. The molecular weight excluding hydrogens is 228 g/mol. The summed E-state index contributed by atoms with van der Waals surface area (Å²) in [5.74, 6) is -0.857. The number of aromatic nitrogens is 2. The molecule has 0 atom stereocenters. The van der Waals surface area contributed by atoms with Crippen molar-refractivity contribution in [2.75, 3.05) is 5.32 Å². The van der Waals surface area contributed by atoms with Crippen LogP contribution in [0.1, 0.15) is 31.1 Å². The van der Waals surface area contributed by atoms with Crippen LogP contribution in [-0.4, -0.2) is 31.9 Å². The Balaban J connectivity index is 2.70. The second kappa shape index (κ2) is 4.48. The van der Waals surface area contributed by atoms with Crippen molar-refractivity contribution < 1.29 is 9.90 Å². The predicted molar refractivity (Wildman–Crippen MR) is 64.7 cm³/mol. The lowest BCUT2D eigenvalue weighted by molar-refractivity contribution is 0.0698. The molecule has 0 aliphatic heterocycles. The molecular formula is C9H14N4O2S. The summed E-state index contributed by atoms with van der Waals surface area (Å²) in [6.45, 7) is 5.84. The zero-order valence-corrected chi connectivity index (χ0v) is 10.1. The summed E-state index contributed by atoms with van der Waals surface area (Å²) in [5.41, 5.74) is -0.137. The van der Waals surface area contributed by atoms with E-state index in [0.29, 0.717) is 5.11 Å². The van der Waals surface area contributed by atoms with Crippen LogP contribution < -0.4 is 10.6 Å². The van der Waals surface area contributed by atoms with Gasteiger partial charge in [-0.15, -0.1) is 0 Å². The van der Waals surface area contributed by atoms with Gasteiger partial charge in [0.1, 0.15) is 5.56 Å². The molecule has 1 rings (SSSR count). The van der Waals surface area contributed by atoms with Gasteiger partial charge in [0.15, 0.2) is 10.9 Å². The summed E-state index contributed by atoms with van der Waals surface area (Å²) >= 11 is 5.03. The Morgan fingerprint density at radius 2 is 2.19 bits per heavy atom. The average molecular weight is 242 g/mol. The van der Waals surface area contributed by atoms with E-state index < -0.39 is 5.97 Å². The van der Waals surface area contributed by atoms with Gasteiger partial charge in [-0.3, -0.25) is 5.10 Å². The van der Waals surface area contributed by atoms with Crippen LogP contribution in [0.25, 0.3) is 0 Å². The molecule has 0 fully saturated rings. The predicted octanol–water partition coefficient (Wildman–Crippen LogP) is 1.19. The Labute approximate surface area is 98.4 Å². The third kappa shape index (κ3) is 3.50. The first-order valence-electron chi connectivity index (χ1n) is 4.66. The van der Waals surface area contributed by atoms with Crippen molar-refractivity contribution in [3.05, 3.63) is 11.8 Å². The third-order valence-electron chi connectivity index (χ3n) is 1.59. The highest BCUT2D eigenvalue weighted by molar-refractivity contribution is 7.80. The minimum absolute atomic E-state index is 0.0538. The number of nitrogens with one attached hydrogen (secondary N) is 3. The van der Waals surface area contributed by atoms with Crippen molar-refractivity contribution in [3.63, 3.8) is 0 Å². The van der Waals surface area contributed by atoms with E-state index in [1.54, 1.807) is 0 Å². The van der Waals surface area contributed by atoms with Crippen molar-refractivity contribution in [1.29, 1.82) is 0 Å². The van der Waals surface area contributed by atoms with Crippen LogP contribution in [0.2, 0.25) is 0 Å². The third-order valence-corrected chi connectivity index (χ3v) is 1.80. The van der Waals surface area contributed by atoms with Gasteiger partial charge in [-0.2, -0.15) is 5.10 Å². The van der Waals surface area contributed by atoms with E-state index in [9.17, 15) is 4.79 Å². The lowest BCUT2D eigenvalue weighted by atomic mass is 10.1. The number of nitrogens with zero attached hydrogens (tertiary/aromatic N) is 1. The number of carboxylic acid groups (broad SMARTS) is 1. The lowest BCUT2D eigenvalue weighted by Crippen LogP contribution is -2.43. The van der Waals surface area contributed by atoms with E-state index in [0.717, 1.165) is 0 Å². The van der Waals surface area contributed by atoms with Crippen LogP contribution >= 0.6 is 12.2 Å². The van der Waals surface area contributed by atoms with Crippen LogP contribution in [-0.2, 0) is 0 Å². The molecule has 0 spiro atoms. The van der Waals surface area contributed by atoms with Crippen molar-refractivity contribution in [2.24, 2.45) is 0 Å². The van der Waals surface area contributed by atoms with Crippen LogP contribution in [0.3, 0.4) is 0 Å². The maximum atomic E-state index is 10.8. The van der Waals surface area contributed by atoms with E-state index in [1.807, 2.05) is 20.8 Å². The molecule has 0 unspecified atom stereocenters. The first-order chi connectivity index (χ1) is 7.29. The van der Waals surface area contributed by atoms with Crippen molar-refractivity contribution in [1.82, 2.24) is 15.5 Å². The lowest BCUT2D eigenvalue weighted by Gasteiger charge is -2.22. The number of rotatable bonds is 2. The normalized spacial score (nSPS) is 10.9. The molecule has 0 aliphatic carbocycles. The minimum Gasteiger partial charge on any atom is -0.477 e. The fourth-order valence-corrected chi connectivity index (χ4v) is 1.43. The van der Waals surface area contributed by atoms with E-state index >= 15 is 0 Å². The summed E-state index contributed by atoms with van der Waals surface area (Å²) < 4.78 is 0. The van der Waals surface area contributed by atoms with Gasteiger partial charge in [-0.1, -0.05) is 0 Å². The Morgan fingerprint density at radius 3 is 2.69 bits per heavy atom. The molecule has 0 radical (unpaired) electrons. The quantitative estimate of drug-likeness (QED) is 0.582. The van der Waals surface area contributed by atoms with Gasteiger partial charge >= 0.3 is 5.97 Å². The van der Waals surface area contributed by atoms with E-state index in [4.69, 9.17) is 17.3 Å². The van der Waals surface area contributed by atoms with Crippen molar-refractivity contribution in [2.45, 2.75) is 26.3 Å². The topological polar surface area (TPSA) is 90.0 Å². The Kier molecular flexibility index (Phi) is 3.48. The van der Waals surface area contributed by atoms with Gasteiger partial charge in [-0.25, -0.2) is 4.79 Å². The van der Waals surface area contributed by atoms with E-state index in [2.05, 4.69) is 20.8 Å². The Bertz CT molecular complexity index is 408. The molecule has 88 valence electrons. The number of carboxylic acids is 1. The number of anilines is 1. The number of aromatic carboxylic acids is 1. The van der Waals surface area contributed by atoms with Gasteiger partial charge in [0.2, 0.25) is 0 Å². The van der Waals surface area contributed by atoms with Gasteiger partial charge < -0.3 is 15.7 Å². The monoisotopic (exact) mass is 242 g/mol. The highest BCUT2D eigenvalue weighted by Crippen LogP contribution is 2.10. The Morgan fingerprint density at radius 1 is 1.56 bits per heavy atom. The standard InChI is InChI=1S/C9H14N4O2S/c1-9(2,3)12-8(16)11-6-5(7(14)15)4-10-13-6/h4H,1-3H3,(H,14,15)(H3,10,11,12,13,16). The number of hydrogen-bond donors (Lipinski definition) is 4. The summed E-state index contributed by atoms with van der Waals surface area (Å²) in [6.07, 6.45) is 1.30. The molecule has 16 heavy (non-hydrogen) atoms. The van der Waals surface area contributed by atoms with Gasteiger partial charge in [-0.05, 0) is 33.0 Å². The van der Waals surface area contributed by atoms with Crippen molar-refractivity contribution >= 4 is 29.1 Å². The fourth-order valence-electron chi connectivity index (χ4n) is 1.03. The minimum atomic E-state index is -1.06. The molecule has 0 aliphatic rings. The second-order valence-corrected chi connectivity index (χ2v) is 4.69. The zero-order chi connectivity index (χ0) is 12.3. The number of hydrogen-bond acceptors (Lipinski definition) is 3. The first-order valence-corrected chi connectivity index (χ1v) is 5.06. The number of aromatic amines is 1. The van der Waals surface area contributed by atoms with Crippen LogP contribution in [0.15, 0.2) is 6.20 Å². The maximum Gasteiger partial charge on any atom is 0.341 e.